The minimum Gasteiger partial charge on any atom is -0.492 e. The lowest BCUT2D eigenvalue weighted by Gasteiger charge is -2.08. The number of likely N-dealkylation sites (N-methyl/N-ethyl adjacent to an activating group) is 1. The van der Waals surface area contributed by atoms with Gasteiger partial charge in [-0.1, -0.05) is 12.1 Å². The smallest absolute Gasteiger partial charge is 0.247 e. The summed E-state index contributed by atoms with van der Waals surface area (Å²) in [4.78, 5) is 4.61. The lowest BCUT2D eigenvalue weighted by Crippen LogP contribution is -2.15. The van der Waals surface area contributed by atoms with Crippen molar-refractivity contribution in [3.05, 3.63) is 60.7 Å². The van der Waals surface area contributed by atoms with Gasteiger partial charge in [-0.3, -0.25) is 0 Å². The zero-order valence-electron chi connectivity index (χ0n) is 16.5. The topological polar surface area (TPSA) is 81.9 Å². The van der Waals surface area contributed by atoms with Crippen LogP contribution in [0.3, 0.4) is 0 Å². The summed E-state index contributed by atoms with van der Waals surface area (Å²) in [6.45, 7) is 1.64. The number of fused-ring (bicyclic) bond motifs is 2. The maximum Gasteiger partial charge on any atom is 0.247 e. The molecule has 3 heterocycles. The van der Waals surface area contributed by atoms with Crippen molar-refractivity contribution in [3.63, 3.8) is 0 Å². The van der Waals surface area contributed by atoms with E-state index in [9.17, 15) is 0 Å². The third-order valence-corrected chi connectivity index (χ3v) is 4.74. The first-order valence-corrected chi connectivity index (χ1v) is 9.70. The highest BCUT2D eigenvalue weighted by Gasteiger charge is 2.16. The number of pyridine rings is 1. The van der Waals surface area contributed by atoms with E-state index in [4.69, 9.17) is 14.2 Å². The van der Waals surface area contributed by atoms with Gasteiger partial charge in [0.15, 0.2) is 17.1 Å². The van der Waals surface area contributed by atoms with Crippen LogP contribution < -0.4 is 24.8 Å². The highest BCUT2D eigenvalue weighted by Crippen LogP contribution is 2.36. The van der Waals surface area contributed by atoms with Crippen LogP contribution in [0.2, 0.25) is 0 Å². The van der Waals surface area contributed by atoms with E-state index < -0.39 is 0 Å². The summed E-state index contributed by atoms with van der Waals surface area (Å²) in [6, 6.07) is 19.5. The van der Waals surface area contributed by atoms with Gasteiger partial charge in [-0.25, -0.2) is 4.52 Å². The largest absolute Gasteiger partial charge is 0.492 e. The van der Waals surface area contributed by atoms with Crippen LogP contribution in [0, 0.1) is 0 Å². The number of aromatic nitrogens is 3. The Bertz CT molecular complexity index is 1190. The first-order valence-electron chi connectivity index (χ1n) is 9.70. The predicted octanol–water partition coefficient (Wildman–Crippen LogP) is 3.47. The molecular weight excluding hydrogens is 382 g/mol. The second-order valence-electron chi connectivity index (χ2n) is 6.79. The zero-order chi connectivity index (χ0) is 20.3. The molecule has 0 amide bonds. The van der Waals surface area contributed by atoms with Crippen LogP contribution >= 0.6 is 0 Å². The van der Waals surface area contributed by atoms with Crippen molar-refractivity contribution in [1.29, 1.82) is 0 Å². The fraction of sp³-hybridized carbons (Fsp3) is 0.182. The zero-order valence-corrected chi connectivity index (χ0v) is 16.5. The maximum absolute atomic E-state index is 5.73. The van der Waals surface area contributed by atoms with Crippen molar-refractivity contribution in [2.24, 2.45) is 0 Å². The van der Waals surface area contributed by atoms with Gasteiger partial charge in [0.1, 0.15) is 12.4 Å². The van der Waals surface area contributed by atoms with Gasteiger partial charge in [0.2, 0.25) is 12.7 Å². The number of nitrogens with zero attached hydrogens (tertiary/aromatic N) is 3. The van der Waals surface area contributed by atoms with Gasteiger partial charge in [-0.05, 0) is 49.5 Å². The summed E-state index contributed by atoms with van der Waals surface area (Å²) >= 11 is 0. The fourth-order valence-electron chi connectivity index (χ4n) is 3.30. The second kappa shape index (κ2) is 7.92. The van der Waals surface area contributed by atoms with E-state index in [0.29, 0.717) is 12.6 Å². The number of rotatable bonds is 7. The van der Waals surface area contributed by atoms with Crippen LogP contribution in [0.5, 0.6) is 17.2 Å². The normalized spacial score (nSPS) is 12.3. The van der Waals surface area contributed by atoms with Gasteiger partial charge in [0, 0.05) is 23.9 Å². The number of benzene rings is 2. The first kappa shape index (κ1) is 18.3. The molecule has 0 unspecified atom stereocenters. The van der Waals surface area contributed by atoms with Crippen molar-refractivity contribution in [2.75, 3.05) is 32.3 Å². The Morgan fingerprint density at radius 3 is 2.87 bits per heavy atom. The molecule has 0 fully saturated rings. The molecule has 4 aromatic rings. The molecule has 0 atom stereocenters. The van der Waals surface area contributed by atoms with Crippen LogP contribution in [0.1, 0.15) is 0 Å². The predicted molar refractivity (Wildman–Crippen MR) is 114 cm³/mol. The van der Waals surface area contributed by atoms with Crippen molar-refractivity contribution >= 4 is 17.3 Å². The lowest BCUT2D eigenvalue weighted by atomic mass is 10.1. The van der Waals surface area contributed by atoms with Crippen molar-refractivity contribution < 1.29 is 14.2 Å². The maximum atomic E-state index is 5.73. The number of ether oxygens (including phenoxy) is 3. The third kappa shape index (κ3) is 3.60. The molecule has 0 aliphatic carbocycles. The molecule has 2 N–H and O–H groups in total. The molecule has 2 aromatic heterocycles. The van der Waals surface area contributed by atoms with Crippen LogP contribution in [0.4, 0.5) is 11.6 Å². The lowest BCUT2D eigenvalue weighted by molar-refractivity contribution is 0.174. The van der Waals surface area contributed by atoms with Gasteiger partial charge in [-0.2, -0.15) is 4.98 Å². The Hall–Kier alpha value is -3.78. The molecule has 5 rings (SSSR count). The summed E-state index contributed by atoms with van der Waals surface area (Å²) < 4.78 is 18.5. The molecule has 0 saturated heterocycles. The summed E-state index contributed by atoms with van der Waals surface area (Å²) in [5, 5.41) is 11.0. The Labute approximate surface area is 173 Å². The van der Waals surface area contributed by atoms with Crippen LogP contribution in [0.15, 0.2) is 60.7 Å². The molecule has 1 aliphatic heterocycles. The Balaban J connectivity index is 1.42. The molecule has 0 spiro atoms. The molecule has 1 aliphatic rings. The quantitative estimate of drug-likeness (QED) is 0.457. The molecule has 8 nitrogen and oxygen atoms in total. The Morgan fingerprint density at radius 1 is 1.03 bits per heavy atom. The first-order chi connectivity index (χ1) is 14.8. The van der Waals surface area contributed by atoms with Crippen LogP contribution in [-0.2, 0) is 0 Å². The summed E-state index contributed by atoms with van der Waals surface area (Å²) in [5.41, 5.74) is 3.49. The van der Waals surface area contributed by atoms with Crippen molar-refractivity contribution in [2.45, 2.75) is 0 Å². The van der Waals surface area contributed by atoms with E-state index in [1.807, 2.05) is 72.2 Å². The summed E-state index contributed by atoms with van der Waals surface area (Å²) in [6.07, 6.45) is 0. The van der Waals surface area contributed by atoms with E-state index in [1.165, 1.54) is 0 Å². The Kier molecular flexibility index (Phi) is 4.82. The van der Waals surface area contributed by atoms with Gasteiger partial charge in [0.25, 0.3) is 0 Å². The number of nitrogens with one attached hydrogen (secondary N) is 2. The van der Waals surface area contributed by atoms with Gasteiger partial charge >= 0.3 is 0 Å². The van der Waals surface area contributed by atoms with E-state index in [2.05, 4.69) is 20.7 Å². The molecule has 152 valence electrons. The average Bonchev–Trinajstić information content (AvgIpc) is 3.39. The van der Waals surface area contributed by atoms with Gasteiger partial charge in [0.05, 0.1) is 5.69 Å². The molecule has 2 aromatic carbocycles. The standard InChI is InChI=1S/C22H21N5O3/c1-23-10-11-28-17-5-2-4-16(13-17)24-22-25-21-7-3-6-18(27(21)26-22)15-8-9-19-20(12-15)30-14-29-19/h2-9,12-13,23H,10-11,14H2,1H3,(H,24,26). The number of hydrogen-bond acceptors (Lipinski definition) is 7. The summed E-state index contributed by atoms with van der Waals surface area (Å²) in [5.74, 6) is 2.79. The number of anilines is 2. The van der Waals surface area contributed by atoms with Gasteiger partial charge < -0.3 is 24.8 Å². The molecule has 0 saturated carbocycles. The van der Waals surface area contributed by atoms with Crippen LogP contribution in [-0.4, -0.2) is 41.6 Å². The molecule has 0 bridgehead atoms. The van der Waals surface area contributed by atoms with Crippen molar-refractivity contribution in [1.82, 2.24) is 19.9 Å². The van der Waals surface area contributed by atoms with E-state index in [1.54, 1.807) is 0 Å². The van der Waals surface area contributed by atoms with Crippen molar-refractivity contribution in [3.8, 4) is 28.5 Å². The highest BCUT2D eigenvalue weighted by molar-refractivity contribution is 5.68. The van der Waals surface area contributed by atoms with E-state index >= 15 is 0 Å². The van der Waals surface area contributed by atoms with Crippen LogP contribution in [0.25, 0.3) is 16.9 Å². The third-order valence-electron chi connectivity index (χ3n) is 4.74. The monoisotopic (exact) mass is 403 g/mol. The van der Waals surface area contributed by atoms with E-state index in [0.717, 1.165) is 46.4 Å². The molecule has 8 heteroatoms. The van der Waals surface area contributed by atoms with E-state index in [-0.39, 0.29) is 6.79 Å². The summed E-state index contributed by atoms with van der Waals surface area (Å²) in [7, 11) is 1.90. The second-order valence-corrected chi connectivity index (χ2v) is 6.79. The molecule has 30 heavy (non-hydrogen) atoms. The fourth-order valence-corrected chi connectivity index (χ4v) is 3.30. The SMILES string of the molecule is CNCCOc1cccc(Nc2nc3cccc(-c4ccc5c(c4)OCO5)n3n2)c1. The average molecular weight is 403 g/mol. The minimum atomic E-state index is 0.248. The molecule has 0 radical (unpaired) electrons. The van der Waals surface area contributed by atoms with Gasteiger partial charge in [-0.15, -0.1) is 5.10 Å². The minimum absolute atomic E-state index is 0.248. The molecular formula is C22H21N5O3. The highest BCUT2D eigenvalue weighted by atomic mass is 16.7. The number of hydrogen-bond donors (Lipinski definition) is 2. The Morgan fingerprint density at radius 2 is 1.93 bits per heavy atom.